The van der Waals surface area contributed by atoms with E-state index in [2.05, 4.69) is 23.3 Å². The van der Waals surface area contributed by atoms with Gasteiger partial charge < -0.3 is 10.4 Å². The lowest BCUT2D eigenvalue weighted by Crippen LogP contribution is -2.15. The van der Waals surface area contributed by atoms with Gasteiger partial charge in [-0.05, 0) is 18.4 Å². The Balaban J connectivity index is 2.56. The molecule has 1 aromatic rings. The van der Waals surface area contributed by atoms with Crippen LogP contribution in [0.2, 0.25) is 0 Å². The van der Waals surface area contributed by atoms with Gasteiger partial charge in [-0.1, -0.05) is 13.3 Å². The molecule has 0 saturated carbocycles. The normalized spacial score (nSPS) is 11.8. The maximum atomic E-state index is 8.89. The summed E-state index contributed by atoms with van der Waals surface area (Å²) in [6.07, 6.45) is 5.06. The van der Waals surface area contributed by atoms with Crippen molar-refractivity contribution < 1.29 is 5.11 Å². The van der Waals surface area contributed by atoms with Crippen molar-refractivity contribution in [2.45, 2.75) is 19.8 Å². The summed E-state index contributed by atoms with van der Waals surface area (Å²) in [6.45, 7) is 3.06. The monoisotopic (exact) mass is 219 g/mol. The van der Waals surface area contributed by atoms with E-state index in [1.165, 1.54) is 0 Å². The molecule has 0 aromatic carbocycles. The van der Waals surface area contributed by atoms with Crippen LogP contribution >= 0.6 is 0 Å². The molecule has 0 aliphatic rings. The van der Waals surface area contributed by atoms with Crippen LogP contribution in [0.4, 0.5) is 5.69 Å². The molecule has 0 bridgehead atoms. The summed E-state index contributed by atoms with van der Waals surface area (Å²) in [5, 5.41) is 21.0. The average molecular weight is 219 g/mol. The van der Waals surface area contributed by atoms with Crippen LogP contribution in [0.3, 0.4) is 0 Å². The number of hydrogen-bond donors (Lipinski definition) is 2. The number of anilines is 1. The highest BCUT2D eigenvalue weighted by Gasteiger charge is 2.07. The van der Waals surface area contributed by atoms with Crippen LogP contribution < -0.4 is 5.32 Å². The Morgan fingerprint density at radius 2 is 2.44 bits per heavy atom. The van der Waals surface area contributed by atoms with Crippen molar-refractivity contribution in [3.05, 3.63) is 24.0 Å². The average Bonchev–Trinajstić information content (AvgIpc) is 2.34. The fourth-order valence-corrected chi connectivity index (χ4v) is 1.52. The van der Waals surface area contributed by atoms with Crippen LogP contribution in [0, 0.1) is 17.2 Å². The van der Waals surface area contributed by atoms with E-state index in [4.69, 9.17) is 10.4 Å². The lowest BCUT2D eigenvalue weighted by molar-refractivity contribution is 0.258. The van der Waals surface area contributed by atoms with Crippen LogP contribution in [-0.2, 0) is 0 Å². The second-order valence-corrected chi connectivity index (χ2v) is 3.70. The number of nitrogens with one attached hydrogen (secondary N) is 1. The summed E-state index contributed by atoms with van der Waals surface area (Å²) < 4.78 is 0. The van der Waals surface area contributed by atoms with Gasteiger partial charge in [0.1, 0.15) is 6.07 Å². The number of rotatable bonds is 6. The van der Waals surface area contributed by atoms with Crippen molar-refractivity contribution >= 4 is 5.69 Å². The minimum Gasteiger partial charge on any atom is -0.396 e. The first-order valence-corrected chi connectivity index (χ1v) is 5.50. The number of aliphatic hydroxyl groups excluding tert-OH is 1. The third-order valence-corrected chi connectivity index (χ3v) is 2.64. The highest BCUT2D eigenvalue weighted by atomic mass is 16.3. The molecule has 0 aliphatic heterocycles. The highest BCUT2D eigenvalue weighted by molar-refractivity contribution is 5.55. The van der Waals surface area contributed by atoms with E-state index in [1.807, 2.05) is 0 Å². The molecule has 16 heavy (non-hydrogen) atoms. The van der Waals surface area contributed by atoms with Gasteiger partial charge in [0, 0.05) is 19.3 Å². The number of aromatic nitrogens is 1. The first-order chi connectivity index (χ1) is 7.81. The largest absolute Gasteiger partial charge is 0.396 e. The minimum atomic E-state index is 0.207. The predicted molar refractivity (Wildman–Crippen MR) is 62.9 cm³/mol. The molecule has 0 aliphatic carbocycles. The summed E-state index contributed by atoms with van der Waals surface area (Å²) in [5.41, 5.74) is 1.37. The van der Waals surface area contributed by atoms with Gasteiger partial charge in [-0.25, -0.2) is 0 Å². The Morgan fingerprint density at radius 3 is 3.06 bits per heavy atom. The summed E-state index contributed by atoms with van der Waals surface area (Å²) in [6, 6.07) is 3.81. The molecular weight excluding hydrogens is 202 g/mol. The van der Waals surface area contributed by atoms with Gasteiger partial charge in [0.2, 0.25) is 0 Å². The van der Waals surface area contributed by atoms with Gasteiger partial charge in [0.25, 0.3) is 0 Å². The third kappa shape index (κ3) is 3.52. The Morgan fingerprint density at radius 1 is 1.62 bits per heavy atom. The first-order valence-electron chi connectivity index (χ1n) is 5.50. The number of hydrogen-bond acceptors (Lipinski definition) is 4. The van der Waals surface area contributed by atoms with E-state index >= 15 is 0 Å². The van der Waals surface area contributed by atoms with Gasteiger partial charge in [0.05, 0.1) is 17.4 Å². The van der Waals surface area contributed by atoms with Crippen LogP contribution in [0.15, 0.2) is 18.5 Å². The van der Waals surface area contributed by atoms with Crippen molar-refractivity contribution in [3.63, 3.8) is 0 Å². The molecule has 1 aromatic heterocycles. The molecule has 2 N–H and O–H groups in total. The zero-order valence-electron chi connectivity index (χ0n) is 9.48. The lowest BCUT2D eigenvalue weighted by Gasteiger charge is -2.15. The van der Waals surface area contributed by atoms with Crippen LogP contribution in [0.25, 0.3) is 0 Å². The Hall–Kier alpha value is -1.60. The van der Waals surface area contributed by atoms with Crippen molar-refractivity contribution in [2.24, 2.45) is 5.92 Å². The molecular formula is C12H17N3O. The molecule has 1 heterocycles. The van der Waals surface area contributed by atoms with Gasteiger partial charge in [-0.3, -0.25) is 4.98 Å². The maximum absolute atomic E-state index is 8.89. The SMILES string of the molecule is CCC(CCO)CNc1cnccc1C#N. The topological polar surface area (TPSA) is 68.9 Å². The summed E-state index contributed by atoms with van der Waals surface area (Å²) in [4.78, 5) is 3.98. The second-order valence-electron chi connectivity index (χ2n) is 3.70. The van der Waals surface area contributed by atoms with E-state index in [9.17, 15) is 0 Å². The molecule has 0 amide bonds. The van der Waals surface area contributed by atoms with Gasteiger partial charge in [-0.2, -0.15) is 5.26 Å². The number of nitrogens with zero attached hydrogens (tertiary/aromatic N) is 2. The van der Waals surface area contributed by atoms with Crippen molar-refractivity contribution in [1.82, 2.24) is 4.98 Å². The fraction of sp³-hybridized carbons (Fsp3) is 0.500. The number of nitriles is 1. The Kier molecular flexibility index (Phi) is 5.30. The van der Waals surface area contributed by atoms with Gasteiger partial charge in [0.15, 0.2) is 0 Å². The zero-order chi connectivity index (χ0) is 11.8. The highest BCUT2D eigenvalue weighted by Crippen LogP contribution is 2.14. The van der Waals surface area contributed by atoms with E-state index < -0.39 is 0 Å². The zero-order valence-corrected chi connectivity index (χ0v) is 9.48. The van der Waals surface area contributed by atoms with E-state index in [0.717, 1.165) is 25.1 Å². The van der Waals surface area contributed by atoms with Crippen molar-refractivity contribution in [2.75, 3.05) is 18.5 Å². The first kappa shape index (κ1) is 12.5. The molecule has 1 rings (SSSR count). The molecule has 86 valence electrons. The molecule has 0 spiro atoms. The quantitative estimate of drug-likeness (QED) is 0.765. The molecule has 1 unspecified atom stereocenters. The van der Waals surface area contributed by atoms with E-state index in [0.29, 0.717) is 11.5 Å². The van der Waals surface area contributed by atoms with Crippen LogP contribution in [0.5, 0.6) is 0 Å². The van der Waals surface area contributed by atoms with Crippen LogP contribution in [-0.4, -0.2) is 23.2 Å². The van der Waals surface area contributed by atoms with Gasteiger partial charge >= 0.3 is 0 Å². The molecule has 4 heteroatoms. The Bertz CT molecular complexity index is 360. The third-order valence-electron chi connectivity index (χ3n) is 2.64. The Labute approximate surface area is 95.9 Å². The van der Waals surface area contributed by atoms with Crippen molar-refractivity contribution in [1.29, 1.82) is 5.26 Å². The predicted octanol–water partition coefficient (Wildman–Crippen LogP) is 1.77. The molecule has 0 radical (unpaired) electrons. The molecule has 0 saturated heterocycles. The van der Waals surface area contributed by atoms with Crippen LogP contribution in [0.1, 0.15) is 25.3 Å². The fourth-order valence-electron chi connectivity index (χ4n) is 1.52. The number of pyridine rings is 1. The number of aliphatic hydroxyl groups is 1. The summed E-state index contributed by atoms with van der Waals surface area (Å²) in [7, 11) is 0. The molecule has 1 atom stereocenters. The smallest absolute Gasteiger partial charge is 0.101 e. The summed E-state index contributed by atoms with van der Waals surface area (Å²) in [5.74, 6) is 0.428. The lowest BCUT2D eigenvalue weighted by atomic mass is 10.0. The summed E-state index contributed by atoms with van der Waals surface area (Å²) >= 11 is 0. The van der Waals surface area contributed by atoms with Gasteiger partial charge in [-0.15, -0.1) is 0 Å². The van der Waals surface area contributed by atoms with Crippen molar-refractivity contribution in [3.8, 4) is 6.07 Å². The van der Waals surface area contributed by atoms with E-state index in [1.54, 1.807) is 18.5 Å². The second kappa shape index (κ2) is 6.81. The standard InChI is InChI=1S/C12H17N3O/c1-2-10(4-6-16)8-15-12-9-14-5-3-11(12)7-13/h3,5,9-10,15-16H,2,4,6,8H2,1H3. The van der Waals surface area contributed by atoms with E-state index in [-0.39, 0.29) is 6.61 Å². The maximum Gasteiger partial charge on any atom is 0.101 e. The molecule has 0 fully saturated rings. The minimum absolute atomic E-state index is 0.207. The molecule has 4 nitrogen and oxygen atoms in total.